The van der Waals surface area contributed by atoms with Crippen LogP contribution >= 0.6 is 11.3 Å². The van der Waals surface area contributed by atoms with Crippen molar-refractivity contribution in [2.24, 2.45) is 0 Å². The average molecular weight is 441 g/mol. The van der Waals surface area contributed by atoms with Gasteiger partial charge in [-0.25, -0.2) is 9.78 Å². The highest BCUT2D eigenvalue weighted by molar-refractivity contribution is 7.19. The van der Waals surface area contributed by atoms with E-state index in [4.69, 9.17) is 9.72 Å². The number of nitrogens with one attached hydrogen (secondary N) is 1. The van der Waals surface area contributed by atoms with Crippen molar-refractivity contribution < 1.29 is 9.53 Å². The molecule has 3 aromatic rings. The van der Waals surface area contributed by atoms with Crippen molar-refractivity contribution in [1.29, 1.82) is 0 Å². The van der Waals surface area contributed by atoms with E-state index < -0.39 is 0 Å². The van der Waals surface area contributed by atoms with Crippen molar-refractivity contribution in [3.05, 3.63) is 34.8 Å². The van der Waals surface area contributed by atoms with Gasteiger partial charge in [0.1, 0.15) is 16.4 Å². The molecule has 0 unspecified atom stereocenters. The Hall–Kier alpha value is -2.54. The summed E-state index contributed by atoms with van der Waals surface area (Å²) in [5.74, 6) is 0.719. The lowest BCUT2D eigenvalue weighted by Crippen LogP contribution is -2.20. The van der Waals surface area contributed by atoms with Crippen LogP contribution in [0.25, 0.3) is 16.2 Å². The van der Waals surface area contributed by atoms with E-state index in [1.807, 2.05) is 27.9 Å². The second-order valence-corrected chi connectivity index (χ2v) is 9.42. The van der Waals surface area contributed by atoms with E-state index in [1.165, 1.54) is 49.9 Å². The lowest BCUT2D eigenvalue weighted by Gasteiger charge is -2.19. The minimum absolute atomic E-state index is 0.271. The summed E-state index contributed by atoms with van der Waals surface area (Å²) in [7, 11) is 4.09. The van der Waals surface area contributed by atoms with Gasteiger partial charge in [0.05, 0.1) is 6.61 Å². The average Bonchev–Trinajstić information content (AvgIpc) is 3.13. The molecule has 0 spiro atoms. The molecule has 0 saturated heterocycles. The number of esters is 1. The fourth-order valence-electron chi connectivity index (χ4n) is 4.30. The van der Waals surface area contributed by atoms with E-state index in [1.54, 1.807) is 0 Å². The maximum atomic E-state index is 12.5. The highest BCUT2D eigenvalue weighted by atomic mass is 32.1. The van der Waals surface area contributed by atoms with Crippen LogP contribution < -0.4 is 10.2 Å². The first-order valence-electron chi connectivity index (χ1n) is 11.2. The van der Waals surface area contributed by atoms with Crippen molar-refractivity contribution >= 4 is 33.8 Å². The summed E-state index contributed by atoms with van der Waals surface area (Å²) in [6.07, 6.45) is 7.46. The van der Waals surface area contributed by atoms with E-state index in [9.17, 15) is 4.79 Å². The van der Waals surface area contributed by atoms with Crippen LogP contribution in [0.5, 0.6) is 0 Å². The first-order valence-corrected chi connectivity index (χ1v) is 12.0. The molecule has 7 heteroatoms. The number of aryl methyl sites for hydroxylation is 1. The molecule has 0 radical (unpaired) electrons. The van der Waals surface area contributed by atoms with E-state index in [2.05, 4.69) is 38.9 Å². The molecular weight excluding hydrogens is 408 g/mol. The Labute approximate surface area is 188 Å². The molecule has 31 heavy (non-hydrogen) atoms. The minimum Gasteiger partial charge on any atom is -0.462 e. The first-order chi connectivity index (χ1) is 15.0. The van der Waals surface area contributed by atoms with Gasteiger partial charge in [0, 0.05) is 37.1 Å². The summed E-state index contributed by atoms with van der Waals surface area (Å²) in [6, 6.07) is 8.92. The Morgan fingerprint density at radius 1 is 1.19 bits per heavy atom. The third-order valence-electron chi connectivity index (χ3n) is 6.02. The molecule has 1 N–H and O–H groups in total. The van der Waals surface area contributed by atoms with Gasteiger partial charge in [-0.2, -0.15) is 0 Å². The van der Waals surface area contributed by atoms with Gasteiger partial charge in [0.25, 0.3) is 0 Å². The molecule has 1 fully saturated rings. The van der Waals surface area contributed by atoms with E-state index in [-0.39, 0.29) is 5.97 Å². The smallest absolute Gasteiger partial charge is 0.350 e. The number of fused-ring (bicyclic) bond motifs is 1. The number of nitrogens with zero attached hydrogens (tertiary/aromatic N) is 3. The second-order valence-electron chi connectivity index (χ2n) is 8.44. The van der Waals surface area contributed by atoms with Crippen molar-refractivity contribution in [3.63, 3.8) is 0 Å². The normalized spacial score (nSPS) is 15.1. The Kier molecular flexibility index (Phi) is 6.51. The van der Waals surface area contributed by atoms with E-state index >= 15 is 0 Å². The highest BCUT2D eigenvalue weighted by Crippen LogP contribution is 2.36. The predicted octanol–water partition coefficient (Wildman–Crippen LogP) is 5.75. The Morgan fingerprint density at radius 2 is 1.87 bits per heavy atom. The highest BCUT2D eigenvalue weighted by Gasteiger charge is 2.25. The molecule has 0 bridgehead atoms. The lowest BCUT2D eigenvalue weighted by atomic mass is 10.1. The first kappa shape index (κ1) is 21.7. The van der Waals surface area contributed by atoms with Crippen LogP contribution in [0, 0.1) is 6.92 Å². The molecular formula is C24H32N4O2S. The van der Waals surface area contributed by atoms with Gasteiger partial charge in [-0.1, -0.05) is 49.2 Å². The molecule has 1 aliphatic rings. The van der Waals surface area contributed by atoms with Gasteiger partial charge in [-0.15, -0.1) is 0 Å². The Bertz CT molecular complexity index is 1040. The number of carbonyl (C=O) groups is 1. The van der Waals surface area contributed by atoms with Crippen LogP contribution in [-0.2, 0) is 4.74 Å². The predicted molar refractivity (Wildman–Crippen MR) is 129 cm³/mol. The van der Waals surface area contributed by atoms with E-state index in [0.717, 1.165) is 33.4 Å². The fourth-order valence-corrected chi connectivity index (χ4v) is 5.32. The van der Waals surface area contributed by atoms with Crippen molar-refractivity contribution in [2.75, 3.05) is 30.9 Å². The van der Waals surface area contributed by atoms with Crippen LogP contribution in [0.3, 0.4) is 0 Å². The van der Waals surface area contributed by atoms with Gasteiger partial charge < -0.3 is 15.0 Å². The summed E-state index contributed by atoms with van der Waals surface area (Å²) in [4.78, 5) is 21.0. The molecule has 0 aliphatic heterocycles. The van der Waals surface area contributed by atoms with Gasteiger partial charge in [0.2, 0.25) is 0 Å². The zero-order valence-electron chi connectivity index (χ0n) is 18.9. The number of benzene rings is 1. The molecule has 2 heterocycles. The number of imidazole rings is 1. The molecule has 166 valence electrons. The third kappa shape index (κ3) is 4.42. The standard InChI is InChI=1S/C24H32N4O2S/c1-5-30-23(29)21-16(2)28-22(25-18-10-8-6-7-9-11-18)20(26-24(28)31-21)17-12-14-19(15-13-17)27(3)4/h12-15,18,25H,5-11H2,1-4H3. The largest absolute Gasteiger partial charge is 0.462 e. The van der Waals surface area contributed by atoms with Gasteiger partial charge in [-0.3, -0.25) is 4.40 Å². The lowest BCUT2D eigenvalue weighted by molar-refractivity contribution is 0.0531. The Balaban J connectivity index is 1.79. The summed E-state index contributed by atoms with van der Waals surface area (Å²) in [5, 5.41) is 3.82. The number of hydrogen-bond donors (Lipinski definition) is 1. The Morgan fingerprint density at radius 3 is 2.48 bits per heavy atom. The van der Waals surface area contributed by atoms with Crippen LogP contribution in [0.2, 0.25) is 0 Å². The van der Waals surface area contributed by atoms with Crippen molar-refractivity contribution in [3.8, 4) is 11.3 Å². The number of hydrogen-bond acceptors (Lipinski definition) is 6. The molecule has 1 aromatic carbocycles. The number of aromatic nitrogens is 2. The van der Waals surface area contributed by atoms with E-state index in [0.29, 0.717) is 17.5 Å². The van der Waals surface area contributed by atoms with Gasteiger partial charge in [-0.05, 0) is 38.8 Å². The van der Waals surface area contributed by atoms with Gasteiger partial charge >= 0.3 is 5.97 Å². The monoisotopic (exact) mass is 440 g/mol. The van der Waals surface area contributed by atoms with Crippen LogP contribution in [0.15, 0.2) is 24.3 Å². The third-order valence-corrected chi connectivity index (χ3v) is 7.14. The summed E-state index contributed by atoms with van der Waals surface area (Å²) in [5.41, 5.74) is 4.07. The maximum absolute atomic E-state index is 12.5. The van der Waals surface area contributed by atoms with Crippen LogP contribution in [0.4, 0.5) is 11.5 Å². The fraction of sp³-hybridized carbons (Fsp3) is 0.500. The SMILES string of the molecule is CCOC(=O)c1sc2nc(-c3ccc(N(C)C)cc3)c(NC3CCCCCC3)n2c1C. The second kappa shape index (κ2) is 9.30. The summed E-state index contributed by atoms with van der Waals surface area (Å²) >= 11 is 1.40. The summed E-state index contributed by atoms with van der Waals surface area (Å²) in [6.45, 7) is 4.18. The molecule has 0 amide bonds. The number of rotatable bonds is 6. The van der Waals surface area contributed by atoms with Crippen LogP contribution in [0.1, 0.15) is 60.8 Å². The zero-order valence-corrected chi connectivity index (χ0v) is 19.7. The minimum atomic E-state index is -0.271. The van der Waals surface area contributed by atoms with Crippen LogP contribution in [-0.4, -0.2) is 42.1 Å². The summed E-state index contributed by atoms with van der Waals surface area (Å²) < 4.78 is 7.38. The molecule has 1 aliphatic carbocycles. The molecule has 0 atom stereocenters. The van der Waals surface area contributed by atoms with Crippen molar-refractivity contribution in [1.82, 2.24) is 9.38 Å². The number of anilines is 2. The molecule has 2 aromatic heterocycles. The molecule has 1 saturated carbocycles. The zero-order chi connectivity index (χ0) is 22.0. The number of thiazole rings is 1. The molecule has 6 nitrogen and oxygen atoms in total. The number of carbonyl (C=O) groups excluding carboxylic acids is 1. The quantitative estimate of drug-likeness (QED) is 0.391. The van der Waals surface area contributed by atoms with Crippen molar-refractivity contribution in [2.45, 2.75) is 58.4 Å². The topological polar surface area (TPSA) is 58.9 Å². The maximum Gasteiger partial charge on any atom is 0.350 e. The van der Waals surface area contributed by atoms with Gasteiger partial charge in [0.15, 0.2) is 4.96 Å². The number of ether oxygens (including phenoxy) is 1. The molecule has 4 rings (SSSR count).